The number of ether oxygens (including phenoxy) is 1. The lowest BCUT2D eigenvalue weighted by molar-refractivity contribution is -0.915. The van der Waals surface area contributed by atoms with E-state index in [-0.39, 0.29) is 0 Å². The molecule has 2 aromatic carbocycles. The summed E-state index contributed by atoms with van der Waals surface area (Å²) in [4.78, 5) is 8.47. The number of quaternary nitrogens is 1. The van der Waals surface area contributed by atoms with Gasteiger partial charge in [-0.05, 0) is 24.1 Å². The van der Waals surface area contributed by atoms with E-state index in [0.29, 0.717) is 11.7 Å². The van der Waals surface area contributed by atoms with Crippen LogP contribution in [0, 0.1) is 0 Å². The van der Waals surface area contributed by atoms with Crippen LogP contribution < -0.4 is 14.5 Å². The summed E-state index contributed by atoms with van der Waals surface area (Å²) >= 11 is 0. The second kappa shape index (κ2) is 8.44. The van der Waals surface area contributed by atoms with Crippen molar-refractivity contribution in [2.45, 2.75) is 19.9 Å². The zero-order valence-corrected chi connectivity index (χ0v) is 16.5. The predicted molar refractivity (Wildman–Crippen MR) is 109 cm³/mol. The van der Waals surface area contributed by atoms with Crippen molar-refractivity contribution in [2.24, 2.45) is 0 Å². The Morgan fingerprint density at radius 2 is 1.89 bits per heavy atom. The smallest absolute Gasteiger partial charge is 0.282 e. The second-order valence-electron chi connectivity index (χ2n) is 7.18. The van der Waals surface area contributed by atoms with Crippen molar-refractivity contribution in [3.63, 3.8) is 0 Å². The summed E-state index contributed by atoms with van der Waals surface area (Å²) in [7, 11) is 1.71. The molecule has 0 amide bonds. The Balaban J connectivity index is 1.34. The quantitative estimate of drug-likeness (QED) is 0.712. The van der Waals surface area contributed by atoms with Crippen LogP contribution in [0.25, 0.3) is 11.4 Å². The van der Waals surface area contributed by atoms with Crippen molar-refractivity contribution in [1.82, 2.24) is 10.1 Å². The predicted octanol–water partition coefficient (Wildman–Crippen LogP) is 2.21. The minimum atomic E-state index is 0.673. The molecule has 3 aromatic rings. The topological polar surface area (TPSA) is 55.8 Å². The third-order valence-corrected chi connectivity index (χ3v) is 5.38. The number of benzene rings is 2. The van der Waals surface area contributed by atoms with Gasteiger partial charge in [-0.1, -0.05) is 42.4 Å². The Bertz CT molecular complexity index is 899. The molecule has 1 N–H and O–H groups in total. The van der Waals surface area contributed by atoms with Crippen LogP contribution in [0.4, 0.5) is 5.69 Å². The Kier molecular flexibility index (Phi) is 5.58. The van der Waals surface area contributed by atoms with Crippen LogP contribution in [-0.4, -0.2) is 43.4 Å². The zero-order chi connectivity index (χ0) is 19.3. The van der Waals surface area contributed by atoms with Gasteiger partial charge in [-0.3, -0.25) is 0 Å². The van der Waals surface area contributed by atoms with Gasteiger partial charge in [0.15, 0.2) is 6.54 Å². The van der Waals surface area contributed by atoms with E-state index in [0.717, 1.165) is 50.5 Å². The summed E-state index contributed by atoms with van der Waals surface area (Å²) in [6.07, 6.45) is 1.03. The average Bonchev–Trinajstić information content (AvgIpc) is 3.23. The Morgan fingerprint density at radius 3 is 2.61 bits per heavy atom. The van der Waals surface area contributed by atoms with Gasteiger partial charge in [-0.2, -0.15) is 4.98 Å². The molecule has 2 heterocycles. The molecule has 0 radical (unpaired) electrons. The van der Waals surface area contributed by atoms with Crippen LogP contribution in [0.5, 0.6) is 5.75 Å². The number of rotatable bonds is 6. The molecule has 146 valence electrons. The van der Waals surface area contributed by atoms with Crippen molar-refractivity contribution < 1.29 is 14.2 Å². The highest BCUT2D eigenvalue weighted by atomic mass is 16.5. The summed E-state index contributed by atoms with van der Waals surface area (Å²) in [5.41, 5.74) is 3.53. The number of hydrogen-bond donors (Lipinski definition) is 1. The first-order valence-corrected chi connectivity index (χ1v) is 9.89. The van der Waals surface area contributed by atoms with Gasteiger partial charge in [0, 0.05) is 17.3 Å². The molecule has 1 aliphatic rings. The molecular formula is C22H27N4O2+. The highest BCUT2D eigenvalue weighted by Gasteiger charge is 2.23. The first-order valence-electron chi connectivity index (χ1n) is 9.89. The van der Waals surface area contributed by atoms with E-state index in [4.69, 9.17) is 9.26 Å². The third-order valence-electron chi connectivity index (χ3n) is 5.38. The van der Waals surface area contributed by atoms with E-state index in [9.17, 15) is 0 Å². The monoisotopic (exact) mass is 379 g/mol. The van der Waals surface area contributed by atoms with Crippen LogP contribution in [0.2, 0.25) is 0 Å². The lowest BCUT2D eigenvalue weighted by atomic mass is 10.1. The molecule has 0 aliphatic carbocycles. The van der Waals surface area contributed by atoms with Gasteiger partial charge in [0.2, 0.25) is 5.82 Å². The normalized spacial score (nSPS) is 15.0. The maximum Gasteiger partial charge on any atom is 0.282 e. The molecule has 0 spiro atoms. The fourth-order valence-electron chi connectivity index (χ4n) is 3.61. The molecule has 0 atom stereocenters. The van der Waals surface area contributed by atoms with Gasteiger partial charge in [-0.15, -0.1) is 0 Å². The Labute approximate surface area is 165 Å². The van der Waals surface area contributed by atoms with Crippen molar-refractivity contribution >= 4 is 5.69 Å². The van der Waals surface area contributed by atoms with Crippen molar-refractivity contribution in [2.75, 3.05) is 38.2 Å². The lowest BCUT2D eigenvalue weighted by Gasteiger charge is -2.33. The standard InChI is InChI=1S/C22H26N4O2/c1-3-17-7-9-18(10-8-17)22-23-21(28-24-22)16-25-11-13-26(14-12-25)19-5-4-6-20(15-19)27-2/h4-10,15H,3,11-14,16H2,1-2H3/p+1. The second-order valence-corrected chi connectivity index (χ2v) is 7.18. The summed E-state index contributed by atoms with van der Waals surface area (Å²) < 4.78 is 10.8. The minimum absolute atomic E-state index is 0.673. The maximum absolute atomic E-state index is 5.51. The number of methoxy groups -OCH3 is 1. The minimum Gasteiger partial charge on any atom is -0.497 e. The molecule has 0 saturated carbocycles. The molecule has 6 nitrogen and oxygen atoms in total. The number of nitrogens with one attached hydrogen (secondary N) is 1. The van der Waals surface area contributed by atoms with E-state index < -0.39 is 0 Å². The van der Waals surface area contributed by atoms with Gasteiger partial charge in [-0.25, -0.2) is 0 Å². The first kappa shape index (κ1) is 18.5. The van der Waals surface area contributed by atoms with E-state index in [1.54, 1.807) is 7.11 Å². The molecule has 1 aromatic heterocycles. The summed E-state index contributed by atoms with van der Waals surface area (Å²) in [6.45, 7) is 7.01. The summed E-state index contributed by atoms with van der Waals surface area (Å²) in [6, 6.07) is 16.6. The van der Waals surface area contributed by atoms with E-state index in [1.165, 1.54) is 16.2 Å². The van der Waals surface area contributed by atoms with Crippen LogP contribution in [-0.2, 0) is 13.0 Å². The van der Waals surface area contributed by atoms with Crippen LogP contribution in [0.3, 0.4) is 0 Å². The molecule has 0 unspecified atom stereocenters. The molecule has 6 heteroatoms. The highest BCUT2D eigenvalue weighted by molar-refractivity contribution is 5.54. The SMILES string of the molecule is CCc1ccc(-c2noc(C[NH+]3CCN(c4cccc(OC)c4)CC3)n2)cc1. The van der Waals surface area contributed by atoms with Gasteiger partial charge in [0.05, 0.1) is 33.3 Å². The van der Waals surface area contributed by atoms with Crippen LogP contribution in [0.1, 0.15) is 18.4 Å². The van der Waals surface area contributed by atoms with Gasteiger partial charge in [0.25, 0.3) is 5.89 Å². The van der Waals surface area contributed by atoms with E-state index in [2.05, 4.69) is 58.4 Å². The van der Waals surface area contributed by atoms with Crippen molar-refractivity contribution in [1.29, 1.82) is 0 Å². The molecule has 0 bridgehead atoms. The number of hydrogen-bond acceptors (Lipinski definition) is 5. The number of piperazine rings is 1. The van der Waals surface area contributed by atoms with E-state index >= 15 is 0 Å². The van der Waals surface area contributed by atoms with Crippen molar-refractivity contribution in [3.8, 4) is 17.1 Å². The number of aromatic nitrogens is 2. The largest absolute Gasteiger partial charge is 0.497 e. The van der Waals surface area contributed by atoms with Gasteiger partial charge >= 0.3 is 0 Å². The molecule has 1 aliphatic heterocycles. The summed E-state index contributed by atoms with van der Waals surface area (Å²) in [5, 5.41) is 4.17. The molecular weight excluding hydrogens is 352 g/mol. The fraction of sp³-hybridized carbons (Fsp3) is 0.364. The van der Waals surface area contributed by atoms with E-state index in [1.807, 2.05) is 12.1 Å². The fourth-order valence-corrected chi connectivity index (χ4v) is 3.61. The number of aryl methyl sites for hydroxylation is 1. The molecule has 1 saturated heterocycles. The highest BCUT2D eigenvalue weighted by Crippen LogP contribution is 2.21. The van der Waals surface area contributed by atoms with Crippen LogP contribution >= 0.6 is 0 Å². The Hall–Kier alpha value is -2.86. The van der Waals surface area contributed by atoms with Crippen molar-refractivity contribution in [3.05, 3.63) is 60.0 Å². The molecule has 4 rings (SSSR count). The average molecular weight is 379 g/mol. The third kappa shape index (κ3) is 4.17. The molecule has 1 fully saturated rings. The van der Waals surface area contributed by atoms with Gasteiger partial charge in [0.1, 0.15) is 5.75 Å². The number of nitrogens with zero attached hydrogens (tertiary/aromatic N) is 3. The Morgan fingerprint density at radius 1 is 1.11 bits per heavy atom. The van der Waals surface area contributed by atoms with Crippen LogP contribution in [0.15, 0.2) is 53.1 Å². The lowest BCUT2D eigenvalue weighted by Crippen LogP contribution is -3.13. The molecule has 28 heavy (non-hydrogen) atoms. The zero-order valence-electron chi connectivity index (χ0n) is 16.5. The maximum atomic E-state index is 5.51. The number of anilines is 1. The van der Waals surface area contributed by atoms with Gasteiger partial charge < -0.3 is 19.1 Å². The first-order chi connectivity index (χ1) is 13.7. The summed E-state index contributed by atoms with van der Waals surface area (Å²) in [5.74, 6) is 2.28.